The first-order valence-electron chi connectivity index (χ1n) is 13.9. The van der Waals surface area contributed by atoms with Crippen molar-refractivity contribution in [2.45, 2.75) is 57.5 Å². The molecule has 5 N–H and O–H groups in total. The number of carbonyl (C=O) groups is 1. The van der Waals surface area contributed by atoms with E-state index in [0.717, 1.165) is 73.8 Å². The van der Waals surface area contributed by atoms with Gasteiger partial charge in [0.25, 0.3) is 0 Å². The highest BCUT2D eigenvalue weighted by molar-refractivity contribution is 5.68. The third-order valence-electron chi connectivity index (χ3n) is 7.55. The van der Waals surface area contributed by atoms with Crippen LogP contribution in [0.4, 0.5) is 22.2 Å². The molecule has 11 heteroatoms. The average Bonchev–Trinajstić information content (AvgIpc) is 2.99. The maximum atomic E-state index is 12.2. The molecule has 1 atom stereocenters. The summed E-state index contributed by atoms with van der Waals surface area (Å²) < 4.78 is 5.21. The number of alkyl carbamates (subject to hydrolysis) is 1. The van der Waals surface area contributed by atoms with Gasteiger partial charge in [-0.3, -0.25) is 0 Å². The second kappa shape index (κ2) is 12.9. The number of anilines is 3. The second-order valence-electron chi connectivity index (χ2n) is 10.3. The number of amides is 1. The lowest BCUT2D eigenvalue weighted by Gasteiger charge is -2.34. The van der Waals surface area contributed by atoms with E-state index in [-0.39, 0.29) is 13.2 Å². The Balaban J connectivity index is 1.15. The highest BCUT2D eigenvalue weighted by Gasteiger charge is 2.26. The molecule has 0 radical (unpaired) electrons. The number of rotatable bonds is 9. The van der Waals surface area contributed by atoms with Gasteiger partial charge >= 0.3 is 6.09 Å². The molecule has 3 aromatic rings. The van der Waals surface area contributed by atoms with Gasteiger partial charge in [-0.2, -0.15) is 0 Å². The minimum Gasteiger partial charge on any atom is -0.445 e. The molecule has 0 unspecified atom stereocenters. The van der Waals surface area contributed by atoms with Gasteiger partial charge in [0.15, 0.2) is 6.29 Å². The standard InChI is InChI=1S/C29H37N7O4/c1-19-25(31-16-24(28(37)38)35-29(39)40-17-20-6-3-2-4-7-20)32-18-33-27(19)36-14-11-21(12-15-36)23-10-9-22-8-5-13-30-26(22)34-23/h2-4,6-7,9-10,18,21,24,28,37-38H,5,8,11-17H2,1H3,(H,30,34)(H,35,39)(H,31,32,33)/t24-/m0/s1. The highest BCUT2D eigenvalue weighted by atomic mass is 16.5. The van der Waals surface area contributed by atoms with E-state index >= 15 is 0 Å². The van der Waals surface area contributed by atoms with E-state index < -0.39 is 18.4 Å². The van der Waals surface area contributed by atoms with Gasteiger partial charge in [0.2, 0.25) is 0 Å². The Morgan fingerprint density at radius 3 is 2.73 bits per heavy atom. The van der Waals surface area contributed by atoms with Crippen LogP contribution in [0.1, 0.15) is 47.6 Å². The molecule has 1 amide bonds. The molecule has 2 aliphatic rings. The molecule has 1 saturated heterocycles. The predicted octanol–water partition coefficient (Wildman–Crippen LogP) is 2.94. The Morgan fingerprint density at radius 1 is 1.15 bits per heavy atom. The molecule has 4 heterocycles. The third kappa shape index (κ3) is 6.78. The highest BCUT2D eigenvalue weighted by Crippen LogP contribution is 2.33. The monoisotopic (exact) mass is 547 g/mol. The topological polar surface area (TPSA) is 145 Å². The van der Waals surface area contributed by atoms with Crippen LogP contribution in [0.2, 0.25) is 0 Å². The molecule has 0 aliphatic carbocycles. The number of aliphatic hydroxyl groups excluding tert-OH is 1. The molecular weight excluding hydrogens is 510 g/mol. The molecular formula is C29H37N7O4. The van der Waals surface area contributed by atoms with Crippen LogP contribution in [-0.2, 0) is 17.8 Å². The van der Waals surface area contributed by atoms with Crippen molar-refractivity contribution in [3.05, 3.63) is 71.2 Å². The number of aryl methyl sites for hydroxylation is 1. The van der Waals surface area contributed by atoms with Crippen molar-refractivity contribution < 1.29 is 19.7 Å². The zero-order valence-electron chi connectivity index (χ0n) is 22.7. The quantitative estimate of drug-likeness (QED) is 0.254. The molecule has 2 aliphatic heterocycles. The summed E-state index contributed by atoms with van der Waals surface area (Å²) >= 11 is 0. The molecule has 212 valence electrons. The Bertz CT molecular complexity index is 1280. The van der Waals surface area contributed by atoms with E-state index in [0.29, 0.717) is 11.7 Å². The maximum absolute atomic E-state index is 12.2. The summed E-state index contributed by atoms with van der Waals surface area (Å²) in [6.45, 7) is 4.74. The van der Waals surface area contributed by atoms with E-state index in [1.807, 2.05) is 37.3 Å². The summed E-state index contributed by atoms with van der Waals surface area (Å²) in [6, 6.07) is 12.7. The van der Waals surface area contributed by atoms with E-state index in [4.69, 9.17) is 9.72 Å². The summed E-state index contributed by atoms with van der Waals surface area (Å²) in [4.78, 5) is 28.3. The van der Waals surface area contributed by atoms with Gasteiger partial charge in [-0.25, -0.2) is 19.7 Å². The number of benzene rings is 1. The van der Waals surface area contributed by atoms with Crippen molar-refractivity contribution in [2.75, 3.05) is 41.7 Å². The van der Waals surface area contributed by atoms with Gasteiger partial charge in [-0.15, -0.1) is 0 Å². The fourth-order valence-corrected chi connectivity index (χ4v) is 5.25. The lowest BCUT2D eigenvalue weighted by atomic mass is 9.92. The van der Waals surface area contributed by atoms with Crippen LogP contribution in [0, 0.1) is 6.92 Å². The van der Waals surface area contributed by atoms with Gasteiger partial charge in [0.1, 0.15) is 30.4 Å². The van der Waals surface area contributed by atoms with E-state index in [9.17, 15) is 15.0 Å². The number of carbonyl (C=O) groups excluding carboxylic acids is 1. The van der Waals surface area contributed by atoms with Crippen LogP contribution in [0.25, 0.3) is 0 Å². The van der Waals surface area contributed by atoms with Crippen molar-refractivity contribution in [2.24, 2.45) is 0 Å². The van der Waals surface area contributed by atoms with Gasteiger partial charge < -0.3 is 35.8 Å². The lowest BCUT2D eigenvalue weighted by molar-refractivity contribution is -0.0630. The van der Waals surface area contributed by atoms with Crippen LogP contribution in [0.15, 0.2) is 48.8 Å². The summed E-state index contributed by atoms with van der Waals surface area (Å²) in [7, 11) is 0. The van der Waals surface area contributed by atoms with Gasteiger partial charge in [0, 0.05) is 43.4 Å². The van der Waals surface area contributed by atoms with Crippen LogP contribution >= 0.6 is 0 Å². The fourth-order valence-electron chi connectivity index (χ4n) is 5.25. The number of nitrogens with zero attached hydrogens (tertiary/aromatic N) is 4. The molecule has 0 bridgehead atoms. The first-order valence-corrected chi connectivity index (χ1v) is 13.9. The average molecular weight is 548 g/mol. The normalized spacial score (nSPS) is 16.1. The largest absolute Gasteiger partial charge is 0.445 e. The zero-order valence-corrected chi connectivity index (χ0v) is 22.7. The Labute approximate surface area is 234 Å². The number of hydrogen-bond donors (Lipinski definition) is 5. The number of ether oxygens (including phenoxy) is 1. The Kier molecular flexibility index (Phi) is 8.92. The molecule has 40 heavy (non-hydrogen) atoms. The Hall–Kier alpha value is -3.96. The second-order valence-corrected chi connectivity index (χ2v) is 10.3. The summed E-state index contributed by atoms with van der Waals surface area (Å²) in [5.41, 5.74) is 4.15. The number of piperidine rings is 1. The van der Waals surface area contributed by atoms with E-state index in [2.05, 4.69) is 43.0 Å². The van der Waals surface area contributed by atoms with Crippen LogP contribution in [0.5, 0.6) is 0 Å². The van der Waals surface area contributed by atoms with Crippen molar-refractivity contribution in [3.63, 3.8) is 0 Å². The van der Waals surface area contributed by atoms with E-state index in [1.165, 1.54) is 11.9 Å². The van der Waals surface area contributed by atoms with E-state index in [1.54, 1.807) is 0 Å². The molecule has 1 fully saturated rings. The predicted molar refractivity (Wildman–Crippen MR) is 152 cm³/mol. The van der Waals surface area contributed by atoms with Crippen molar-refractivity contribution in [1.29, 1.82) is 0 Å². The minimum absolute atomic E-state index is 0.0372. The Morgan fingerprint density at radius 2 is 1.95 bits per heavy atom. The first kappa shape index (κ1) is 27.6. The van der Waals surface area contributed by atoms with Gasteiger partial charge in [-0.1, -0.05) is 36.4 Å². The first-order chi connectivity index (χ1) is 19.5. The summed E-state index contributed by atoms with van der Waals surface area (Å²) in [5, 5.41) is 28.7. The van der Waals surface area contributed by atoms with Crippen molar-refractivity contribution in [1.82, 2.24) is 20.3 Å². The molecule has 0 spiro atoms. The zero-order chi connectivity index (χ0) is 27.9. The number of nitrogens with one attached hydrogen (secondary N) is 3. The fraction of sp³-hybridized carbons (Fsp3) is 0.448. The SMILES string of the molecule is Cc1c(NC[C@H](NC(=O)OCc2ccccc2)C(O)O)ncnc1N1CCC(c2ccc3c(n2)NCCC3)CC1. The number of aromatic nitrogens is 3. The molecule has 2 aromatic heterocycles. The van der Waals surface area contributed by atoms with Crippen molar-refractivity contribution in [3.8, 4) is 0 Å². The number of fused-ring (bicyclic) bond motifs is 1. The third-order valence-corrected chi connectivity index (χ3v) is 7.55. The summed E-state index contributed by atoms with van der Waals surface area (Å²) in [5.74, 6) is 2.86. The maximum Gasteiger partial charge on any atom is 0.407 e. The smallest absolute Gasteiger partial charge is 0.407 e. The van der Waals surface area contributed by atoms with Crippen LogP contribution < -0.4 is 20.9 Å². The lowest BCUT2D eigenvalue weighted by Crippen LogP contribution is -2.47. The molecule has 0 saturated carbocycles. The number of aliphatic hydroxyl groups is 2. The van der Waals surface area contributed by atoms with Gasteiger partial charge in [0.05, 0.1) is 6.04 Å². The molecule has 11 nitrogen and oxygen atoms in total. The molecule has 1 aromatic carbocycles. The van der Waals surface area contributed by atoms with Crippen LogP contribution in [-0.4, -0.2) is 69.8 Å². The number of hydrogen-bond acceptors (Lipinski definition) is 10. The summed E-state index contributed by atoms with van der Waals surface area (Å²) in [6.07, 6.45) is 3.17. The van der Waals surface area contributed by atoms with Gasteiger partial charge in [-0.05, 0) is 49.8 Å². The van der Waals surface area contributed by atoms with Crippen LogP contribution in [0.3, 0.4) is 0 Å². The molecule has 5 rings (SSSR count). The minimum atomic E-state index is -1.79. The van der Waals surface area contributed by atoms with Crippen molar-refractivity contribution >= 4 is 23.5 Å². The number of pyridine rings is 1.